The molecule has 0 amide bonds. The fourth-order valence-electron chi connectivity index (χ4n) is 3.95. The summed E-state index contributed by atoms with van der Waals surface area (Å²) in [4.78, 5) is 9.16. The van der Waals surface area contributed by atoms with Crippen LogP contribution in [0.1, 0.15) is 62.6 Å². The van der Waals surface area contributed by atoms with Gasteiger partial charge in [0.1, 0.15) is 5.82 Å². The molecule has 27 heavy (non-hydrogen) atoms. The molecule has 4 rings (SSSR count). The van der Waals surface area contributed by atoms with Crippen LogP contribution >= 0.6 is 0 Å². The first-order valence-electron chi connectivity index (χ1n) is 9.64. The van der Waals surface area contributed by atoms with Crippen molar-refractivity contribution >= 4 is 22.8 Å². The van der Waals surface area contributed by atoms with E-state index in [9.17, 15) is 0 Å². The van der Waals surface area contributed by atoms with E-state index in [2.05, 4.69) is 29.2 Å². The largest absolute Gasteiger partial charge is 0.382 e. The van der Waals surface area contributed by atoms with E-state index in [-0.39, 0.29) is 5.92 Å². The maximum atomic E-state index is 6.32. The van der Waals surface area contributed by atoms with Gasteiger partial charge >= 0.3 is 0 Å². The van der Waals surface area contributed by atoms with E-state index >= 15 is 0 Å². The van der Waals surface area contributed by atoms with Gasteiger partial charge in [-0.2, -0.15) is 0 Å². The maximum absolute atomic E-state index is 6.32. The molecule has 0 aliphatic heterocycles. The molecular weight excluding hydrogens is 338 g/mol. The van der Waals surface area contributed by atoms with Crippen molar-refractivity contribution in [2.75, 3.05) is 11.1 Å². The second-order valence-electron chi connectivity index (χ2n) is 7.74. The van der Waals surface area contributed by atoms with Gasteiger partial charge in [0.25, 0.3) is 0 Å². The van der Waals surface area contributed by atoms with Crippen molar-refractivity contribution in [3.05, 3.63) is 42.0 Å². The van der Waals surface area contributed by atoms with Crippen LogP contribution in [-0.2, 0) is 0 Å². The SMILES string of the molecule is CC(C)c1c(N)nn2cc([C@H]3CC[C@H](N)CC3)nc2c1Nc1cccnc1. The molecule has 1 fully saturated rings. The summed E-state index contributed by atoms with van der Waals surface area (Å²) in [7, 11) is 0. The van der Waals surface area contributed by atoms with E-state index in [0.29, 0.717) is 17.8 Å². The Bertz CT molecular complexity index is 924. The smallest absolute Gasteiger partial charge is 0.178 e. The summed E-state index contributed by atoms with van der Waals surface area (Å²) >= 11 is 0. The van der Waals surface area contributed by atoms with Crippen LogP contribution in [0.5, 0.6) is 0 Å². The second-order valence-corrected chi connectivity index (χ2v) is 7.74. The lowest BCUT2D eigenvalue weighted by atomic mass is 9.85. The van der Waals surface area contributed by atoms with Gasteiger partial charge in [-0.15, -0.1) is 5.10 Å². The summed E-state index contributed by atoms with van der Waals surface area (Å²) in [6.07, 6.45) is 9.81. The van der Waals surface area contributed by atoms with Crippen molar-refractivity contribution in [1.82, 2.24) is 19.6 Å². The predicted molar refractivity (Wildman–Crippen MR) is 108 cm³/mol. The number of nitrogens with two attached hydrogens (primary N) is 2. The van der Waals surface area contributed by atoms with Gasteiger partial charge in [0, 0.05) is 23.7 Å². The predicted octanol–water partition coefficient (Wildman–Crippen LogP) is 3.56. The van der Waals surface area contributed by atoms with Crippen LogP contribution in [0.3, 0.4) is 0 Å². The van der Waals surface area contributed by atoms with Gasteiger partial charge in [0.2, 0.25) is 0 Å². The molecule has 0 saturated heterocycles. The Kier molecular flexibility index (Phi) is 4.70. The molecule has 3 aromatic heterocycles. The zero-order chi connectivity index (χ0) is 19.0. The van der Waals surface area contributed by atoms with Crippen LogP contribution in [0, 0.1) is 0 Å². The zero-order valence-corrected chi connectivity index (χ0v) is 15.9. The number of aromatic nitrogens is 4. The summed E-state index contributed by atoms with van der Waals surface area (Å²) < 4.78 is 1.81. The van der Waals surface area contributed by atoms with Crippen molar-refractivity contribution in [3.8, 4) is 0 Å². The number of anilines is 3. The van der Waals surface area contributed by atoms with Gasteiger partial charge in [-0.25, -0.2) is 9.50 Å². The summed E-state index contributed by atoms with van der Waals surface area (Å²) in [5, 5.41) is 8.06. The highest BCUT2D eigenvalue weighted by atomic mass is 15.3. The topological polar surface area (TPSA) is 107 Å². The molecule has 7 heteroatoms. The van der Waals surface area contributed by atoms with Crippen LogP contribution in [0.2, 0.25) is 0 Å². The van der Waals surface area contributed by atoms with E-state index in [1.807, 2.05) is 22.8 Å². The third-order valence-corrected chi connectivity index (χ3v) is 5.39. The molecular formula is C20H27N7. The molecule has 3 aromatic rings. The fourth-order valence-corrected chi connectivity index (χ4v) is 3.95. The van der Waals surface area contributed by atoms with Gasteiger partial charge < -0.3 is 16.8 Å². The third kappa shape index (κ3) is 3.47. The van der Waals surface area contributed by atoms with Crippen molar-refractivity contribution in [3.63, 3.8) is 0 Å². The first kappa shape index (κ1) is 17.7. The minimum absolute atomic E-state index is 0.217. The molecule has 1 aliphatic carbocycles. The molecule has 0 atom stereocenters. The Labute approximate surface area is 159 Å². The maximum Gasteiger partial charge on any atom is 0.178 e. The summed E-state index contributed by atoms with van der Waals surface area (Å²) in [5.41, 5.74) is 17.0. The molecule has 0 spiro atoms. The Morgan fingerprint density at radius 2 is 2.00 bits per heavy atom. The number of imidazole rings is 1. The van der Waals surface area contributed by atoms with Gasteiger partial charge in [0.05, 0.1) is 29.5 Å². The van der Waals surface area contributed by atoms with Crippen LogP contribution in [0.4, 0.5) is 17.2 Å². The number of rotatable bonds is 4. The van der Waals surface area contributed by atoms with E-state index in [1.165, 1.54) is 0 Å². The van der Waals surface area contributed by atoms with Crippen LogP contribution in [0.25, 0.3) is 5.65 Å². The summed E-state index contributed by atoms with van der Waals surface area (Å²) in [6, 6.07) is 4.21. The highest BCUT2D eigenvalue weighted by molar-refractivity contribution is 5.80. The highest BCUT2D eigenvalue weighted by Gasteiger charge is 2.25. The lowest BCUT2D eigenvalue weighted by Crippen LogP contribution is -2.25. The van der Waals surface area contributed by atoms with E-state index in [0.717, 1.165) is 54.0 Å². The van der Waals surface area contributed by atoms with Crippen molar-refractivity contribution in [1.29, 1.82) is 0 Å². The van der Waals surface area contributed by atoms with E-state index < -0.39 is 0 Å². The molecule has 0 bridgehead atoms. The Morgan fingerprint density at radius 1 is 1.22 bits per heavy atom. The Hall–Kier alpha value is -2.67. The van der Waals surface area contributed by atoms with Crippen molar-refractivity contribution in [2.24, 2.45) is 5.73 Å². The molecule has 142 valence electrons. The van der Waals surface area contributed by atoms with Gasteiger partial charge in [-0.3, -0.25) is 4.98 Å². The van der Waals surface area contributed by atoms with Crippen LogP contribution < -0.4 is 16.8 Å². The van der Waals surface area contributed by atoms with Gasteiger partial charge in [-0.05, 0) is 43.7 Å². The molecule has 7 nitrogen and oxygen atoms in total. The van der Waals surface area contributed by atoms with E-state index in [1.54, 1.807) is 12.4 Å². The number of nitrogen functional groups attached to an aromatic ring is 1. The molecule has 3 heterocycles. The summed E-state index contributed by atoms with van der Waals surface area (Å²) in [6.45, 7) is 4.23. The number of nitrogens with one attached hydrogen (secondary N) is 1. The second kappa shape index (κ2) is 7.15. The lowest BCUT2D eigenvalue weighted by molar-refractivity contribution is 0.391. The zero-order valence-electron chi connectivity index (χ0n) is 15.9. The molecule has 0 unspecified atom stereocenters. The minimum atomic E-state index is 0.217. The van der Waals surface area contributed by atoms with Gasteiger partial charge in [-0.1, -0.05) is 13.8 Å². The van der Waals surface area contributed by atoms with Crippen LogP contribution in [0.15, 0.2) is 30.7 Å². The molecule has 5 N–H and O–H groups in total. The van der Waals surface area contributed by atoms with Crippen LogP contribution in [-0.4, -0.2) is 25.6 Å². The minimum Gasteiger partial charge on any atom is -0.382 e. The Morgan fingerprint density at radius 3 is 2.67 bits per heavy atom. The van der Waals surface area contributed by atoms with Crippen molar-refractivity contribution in [2.45, 2.75) is 57.4 Å². The monoisotopic (exact) mass is 365 g/mol. The first-order chi connectivity index (χ1) is 13.0. The average molecular weight is 365 g/mol. The number of nitrogens with zero attached hydrogens (tertiary/aromatic N) is 4. The van der Waals surface area contributed by atoms with E-state index in [4.69, 9.17) is 16.5 Å². The Balaban J connectivity index is 1.80. The van der Waals surface area contributed by atoms with Crippen molar-refractivity contribution < 1.29 is 0 Å². The average Bonchev–Trinajstić information content (AvgIpc) is 3.06. The fraction of sp³-hybridized carbons (Fsp3) is 0.450. The standard InChI is InChI=1S/C20H27N7/c1-12(2)17-18(24-15-4-3-9-23-10-15)20-25-16(11-27(20)26-19(17)22)13-5-7-14(21)8-6-13/h3-4,9-14,24H,5-8,21H2,1-2H3,(H2,22,26)/t13-,14-. The summed E-state index contributed by atoms with van der Waals surface area (Å²) in [5.74, 6) is 1.18. The molecule has 0 aromatic carbocycles. The highest BCUT2D eigenvalue weighted by Crippen LogP contribution is 2.36. The number of hydrogen-bond acceptors (Lipinski definition) is 6. The number of hydrogen-bond donors (Lipinski definition) is 3. The number of fused-ring (bicyclic) bond motifs is 1. The molecule has 1 saturated carbocycles. The van der Waals surface area contributed by atoms with Gasteiger partial charge in [0.15, 0.2) is 5.65 Å². The lowest BCUT2D eigenvalue weighted by Gasteiger charge is -2.24. The third-order valence-electron chi connectivity index (χ3n) is 5.39. The number of pyridine rings is 1. The molecule has 1 aliphatic rings. The normalized spacial score (nSPS) is 20.3. The quantitative estimate of drug-likeness (QED) is 0.652. The molecule has 0 radical (unpaired) electrons. The first-order valence-corrected chi connectivity index (χ1v) is 9.64.